The highest BCUT2D eigenvalue weighted by atomic mass is 79.9. The molecule has 13 heavy (non-hydrogen) atoms. The summed E-state index contributed by atoms with van der Waals surface area (Å²) >= 11 is 3.35. The lowest BCUT2D eigenvalue weighted by Crippen LogP contribution is -1.93. The van der Waals surface area contributed by atoms with Crippen LogP contribution in [0.5, 0.6) is 0 Å². The van der Waals surface area contributed by atoms with Gasteiger partial charge in [0.1, 0.15) is 6.26 Å². The van der Waals surface area contributed by atoms with E-state index in [1.807, 2.05) is 6.07 Å². The van der Waals surface area contributed by atoms with Crippen LogP contribution in [0, 0.1) is 0 Å². The molecule has 0 aliphatic rings. The minimum absolute atomic E-state index is 0.550. The van der Waals surface area contributed by atoms with Crippen LogP contribution in [0.3, 0.4) is 0 Å². The van der Waals surface area contributed by atoms with E-state index in [0.29, 0.717) is 5.69 Å². The second kappa shape index (κ2) is 3.12. The number of aromatic nitrogens is 1. The average Bonchev–Trinajstić information content (AvgIpc) is 2.47. The number of nitrogens with zero attached hydrogens (tertiary/aromatic N) is 1. The van der Waals surface area contributed by atoms with Crippen molar-refractivity contribution in [2.75, 3.05) is 0 Å². The number of halogens is 1. The molecule has 0 fully saturated rings. The maximum Gasteiger partial charge on any atom is 0.153 e. The zero-order chi connectivity index (χ0) is 9.42. The third kappa shape index (κ3) is 1.47. The molecule has 0 aliphatic heterocycles. The van der Waals surface area contributed by atoms with Crippen molar-refractivity contribution in [2.24, 2.45) is 0 Å². The number of furan rings is 1. The summed E-state index contributed by atoms with van der Waals surface area (Å²) in [5.74, 6) is 0. The van der Waals surface area contributed by atoms with Gasteiger partial charge >= 0.3 is 0 Å². The van der Waals surface area contributed by atoms with Gasteiger partial charge in [0.15, 0.2) is 5.58 Å². The van der Waals surface area contributed by atoms with Gasteiger partial charge in [0.05, 0.1) is 22.5 Å². The molecular weight excluding hydrogens is 234 g/mol. The van der Waals surface area contributed by atoms with Crippen molar-refractivity contribution in [1.82, 2.24) is 4.98 Å². The maximum absolute atomic E-state index is 9.30. The fraction of sp³-hybridized carbons (Fsp3) is 0.222. The van der Waals surface area contributed by atoms with E-state index in [0.717, 1.165) is 15.4 Å². The van der Waals surface area contributed by atoms with Gasteiger partial charge in [0.2, 0.25) is 0 Å². The van der Waals surface area contributed by atoms with Crippen LogP contribution in [-0.4, -0.2) is 10.1 Å². The van der Waals surface area contributed by atoms with Gasteiger partial charge in [-0.25, -0.2) is 0 Å². The number of hydrogen-bond acceptors (Lipinski definition) is 3. The van der Waals surface area contributed by atoms with Crippen LogP contribution in [0.1, 0.15) is 18.7 Å². The van der Waals surface area contributed by atoms with Gasteiger partial charge in [-0.1, -0.05) is 0 Å². The van der Waals surface area contributed by atoms with Gasteiger partial charge in [0.25, 0.3) is 0 Å². The van der Waals surface area contributed by atoms with Crippen molar-refractivity contribution < 1.29 is 9.52 Å². The minimum Gasteiger partial charge on any atom is -0.461 e. The van der Waals surface area contributed by atoms with Gasteiger partial charge in [-0.2, -0.15) is 0 Å². The molecule has 1 unspecified atom stereocenters. The van der Waals surface area contributed by atoms with Crippen molar-refractivity contribution in [2.45, 2.75) is 13.0 Å². The van der Waals surface area contributed by atoms with Gasteiger partial charge in [-0.15, -0.1) is 0 Å². The third-order valence-corrected chi connectivity index (χ3v) is 2.48. The summed E-state index contributed by atoms with van der Waals surface area (Å²) in [6.45, 7) is 1.68. The van der Waals surface area contributed by atoms with Gasteiger partial charge in [0, 0.05) is 5.39 Å². The predicted molar refractivity (Wildman–Crippen MR) is 52.3 cm³/mol. The molecule has 3 nitrogen and oxygen atoms in total. The number of fused-ring (bicyclic) bond motifs is 1. The first-order valence-corrected chi connectivity index (χ1v) is 4.68. The molecule has 0 spiro atoms. The van der Waals surface area contributed by atoms with Crippen molar-refractivity contribution in [3.8, 4) is 0 Å². The molecule has 2 aromatic rings. The highest BCUT2D eigenvalue weighted by molar-refractivity contribution is 9.10. The van der Waals surface area contributed by atoms with Gasteiger partial charge < -0.3 is 9.52 Å². The van der Waals surface area contributed by atoms with E-state index < -0.39 is 6.10 Å². The van der Waals surface area contributed by atoms with Crippen LogP contribution in [0.2, 0.25) is 0 Å². The van der Waals surface area contributed by atoms with Crippen molar-refractivity contribution >= 4 is 26.9 Å². The quantitative estimate of drug-likeness (QED) is 0.836. The Kier molecular flexibility index (Phi) is 2.09. The van der Waals surface area contributed by atoms with E-state index in [4.69, 9.17) is 4.42 Å². The molecule has 2 aromatic heterocycles. The number of rotatable bonds is 1. The summed E-state index contributed by atoms with van der Waals surface area (Å²) in [4.78, 5) is 4.06. The largest absolute Gasteiger partial charge is 0.461 e. The molecule has 0 bridgehead atoms. The average molecular weight is 242 g/mol. The van der Waals surface area contributed by atoms with Crippen molar-refractivity contribution in [3.05, 3.63) is 28.7 Å². The molecule has 0 aromatic carbocycles. The fourth-order valence-electron chi connectivity index (χ4n) is 1.15. The number of pyridine rings is 1. The Hall–Kier alpha value is -0.870. The molecule has 2 rings (SSSR count). The standard InChI is InChI=1S/C9H8BrNO2/c1-5(12)8-2-6-7(10)4-13-9(6)3-11-8/h2-5,12H,1H3. The summed E-state index contributed by atoms with van der Waals surface area (Å²) in [5.41, 5.74) is 1.37. The van der Waals surface area contributed by atoms with Crippen molar-refractivity contribution in [3.63, 3.8) is 0 Å². The Balaban J connectivity index is 2.66. The summed E-state index contributed by atoms with van der Waals surface area (Å²) in [5, 5.41) is 10.2. The molecule has 0 aliphatic carbocycles. The summed E-state index contributed by atoms with van der Waals surface area (Å²) in [6.07, 6.45) is 2.67. The molecule has 1 atom stereocenters. The molecular formula is C9H8BrNO2. The smallest absolute Gasteiger partial charge is 0.153 e. The Bertz CT molecular complexity index is 436. The zero-order valence-electron chi connectivity index (χ0n) is 6.99. The normalized spacial score (nSPS) is 13.5. The van der Waals surface area contributed by atoms with Gasteiger partial charge in [-0.05, 0) is 28.9 Å². The Labute approximate surface area is 83.5 Å². The SMILES string of the molecule is CC(O)c1cc2c(Br)coc2cn1. The van der Waals surface area contributed by atoms with Crippen LogP contribution < -0.4 is 0 Å². The third-order valence-electron chi connectivity index (χ3n) is 1.86. The van der Waals surface area contributed by atoms with Crippen LogP contribution in [0.25, 0.3) is 11.0 Å². The summed E-state index contributed by atoms with van der Waals surface area (Å²) in [6, 6.07) is 1.81. The monoisotopic (exact) mass is 241 g/mol. The molecule has 68 valence electrons. The minimum atomic E-state index is -0.550. The van der Waals surface area contributed by atoms with Crippen LogP contribution in [0.15, 0.2) is 27.4 Å². The maximum atomic E-state index is 9.30. The van der Waals surface area contributed by atoms with E-state index in [1.54, 1.807) is 19.4 Å². The molecule has 0 saturated carbocycles. The number of aliphatic hydroxyl groups is 1. The fourth-order valence-corrected chi connectivity index (χ4v) is 1.55. The molecule has 1 N–H and O–H groups in total. The van der Waals surface area contributed by atoms with Crippen LogP contribution in [-0.2, 0) is 0 Å². The number of aliphatic hydroxyl groups excluding tert-OH is 1. The summed E-state index contributed by atoms with van der Waals surface area (Å²) < 4.78 is 6.07. The zero-order valence-corrected chi connectivity index (χ0v) is 8.58. The highest BCUT2D eigenvalue weighted by Gasteiger charge is 2.07. The van der Waals surface area contributed by atoms with Crippen LogP contribution in [0.4, 0.5) is 0 Å². The van der Waals surface area contributed by atoms with E-state index in [2.05, 4.69) is 20.9 Å². The van der Waals surface area contributed by atoms with E-state index in [-0.39, 0.29) is 0 Å². The lowest BCUT2D eigenvalue weighted by Gasteiger charge is -2.01. The summed E-state index contributed by atoms with van der Waals surface area (Å²) in [7, 11) is 0. The lowest BCUT2D eigenvalue weighted by molar-refractivity contribution is 0.194. The van der Waals surface area contributed by atoms with E-state index >= 15 is 0 Å². The predicted octanol–water partition coefficient (Wildman–Crippen LogP) is 2.64. The second-order valence-electron chi connectivity index (χ2n) is 2.86. The molecule has 0 amide bonds. The first-order valence-electron chi connectivity index (χ1n) is 3.89. The van der Waals surface area contributed by atoms with E-state index in [1.165, 1.54) is 0 Å². The van der Waals surface area contributed by atoms with Crippen LogP contribution >= 0.6 is 15.9 Å². The molecule has 0 saturated heterocycles. The topological polar surface area (TPSA) is 46.3 Å². The lowest BCUT2D eigenvalue weighted by atomic mass is 10.2. The van der Waals surface area contributed by atoms with Gasteiger partial charge in [-0.3, -0.25) is 4.98 Å². The molecule has 4 heteroatoms. The second-order valence-corrected chi connectivity index (χ2v) is 3.72. The first kappa shape index (κ1) is 8.72. The number of hydrogen-bond donors (Lipinski definition) is 1. The Morgan fingerprint density at radius 1 is 1.62 bits per heavy atom. The Morgan fingerprint density at radius 2 is 2.38 bits per heavy atom. The first-order chi connectivity index (χ1) is 6.18. The molecule has 2 heterocycles. The molecule has 0 radical (unpaired) electrons. The van der Waals surface area contributed by atoms with E-state index in [9.17, 15) is 5.11 Å². The Morgan fingerprint density at radius 3 is 3.08 bits per heavy atom. The van der Waals surface area contributed by atoms with Crippen molar-refractivity contribution in [1.29, 1.82) is 0 Å². The highest BCUT2D eigenvalue weighted by Crippen LogP contribution is 2.27.